The third-order valence-corrected chi connectivity index (χ3v) is 3.37. The van der Waals surface area contributed by atoms with E-state index < -0.39 is 44.4 Å². The van der Waals surface area contributed by atoms with E-state index in [2.05, 4.69) is 0 Å². The summed E-state index contributed by atoms with van der Waals surface area (Å²) < 4.78 is 0. The monoisotopic (exact) mass is 324 g/mol. The first kappa shape index (κ1) is 18.3. The molecule has 12 nitrogen and oxygen atoms in total. The van der Waals surface area contributed by atoms with Crippen molar-refractivity contribution >= 4 is 12.1 Å². The van der Waals surface area contributed by atoms with E-state index in [9.17, 15) is 9.59 Å². The van der Waals surface area contributed by atoms with Crippen LogP contribution < -0.4 is 0 Å². The standard InChI is InChI=1S/C5H10N2O5.C5H10N2O3/c8-1-6-3(10)4(11)7(2-9)5(6)12;1-6-3(8)4(9)7(2)5(6)10/h3-4,8-11H,1-2H2;3-4,8-9H,1-2H3. The lowest BCUT2D eigenvalue weighted by Gasteiger charge is -2.15. The summed E-state index contributed by atoms with van der Waals surface area (Å²) in [5.74, 6) is 0. The first-order valence-electron chi connectivity index (χ1n) is 6.19. The van der Waals surface area contributed by atoms with Crippen LogP contribution in [0.4, 0.5) is 9.59 Å². The van der Waals surface area contributed by atoms with Crippen molar-refractivity contribution in [1.82, 2.24) is 19.6 Å². The lowest BCUT2D eigenvalue weighted by Crippen LogP contribution is -2.37. The molecule has 0 aromatic heterocycles. The van der Waals surface area contributed by atoms with E-state index in [-0.39, 0.29) is 6.03 Å². The number of hydrogen-bond donors (Lipinski definition) is 6. The molecular formula is C10H20N4O8. The van der Waals surface area contributed by atoms with Crippen LogP contribution >= 0.6 is 0 Å². The maximum Gasteiger partial charge on any atom is 0.328 e. The van der Waals surface area contributed by atoms with Crippen molar-refractivity contribution in [3.05, 3.63) is 0 Å². The second kappa shape index (κ2) is 7.04. The van der Waals surface area contributed by atoms with Crippen LogP contribution in [0.25, 0.3) is 0 Å². The number of carbonyl (C=O) groups excluding carboxylic acids is 2. The quantitative estimate of drug-likeness (QED) is 0.298. The predicted octanol–water partition coefficient (Wildman–Crippen LogP) is -4.12. The van der Waals surface area contributed by atoms with Gasteiger partial charge in [-0.25, -0.2) is 9.59 Å². The molecular weight excluding hydrogens is 304 g/mol. The number of amides is 4. The average Bonchev–Trinajstić information content (AvgIpc) is 2.81. The fourth-order valence-corrected chi connectivity index (χ4v) is 1.88. The highest BCUT2D eigenvalue weighted by Crippen LogP contribution is 2.17. The van der Waals surface area contributed by atoms with E-state index in [1.54, 1.807) is 0 Å². The molecule has 2 rings (SSSR count). The molecule has 6 N–H and O–H groups in total. The molecule has 0 saturated carbocycles. The van der Waals surface area contributed by atoms with E-state index >= 15 is 0 Å². The van der Waals surface area contributed by atoms with Gasteiger partial charge in [0.05, 0.1) is 0 Å². The molecule has 4 atom stereocenters. The first-order valence-corrected chi connectivity index (χ1v) is 6.19. The molecule has 0 aliphatic carbocycles. The maximum atomic E-state index is 11.0. The molecule has 0 radical (unpaired) electrons. The number of aliphatic hydroxyl groups excluding tert-OH is 6. The van der Waals surface area contributed by atoms with Crippen LogP contribution in [0.1, 0.15) is 0 Å². The van der Waals surface area contributed by atoms with Gasteiger partial charge in [0.1, 0.15) is 13.5 Å². The topological polar surface area (TPSA) is 168 Å². The van der Waals surface area contributed by atoms with Crippen LogP contribution in [-0.4, -0.2) is 115 Å². The molecule has 2 aliphatic rings. The Balaban J connectivity index is 0.000000224. The molecule has 2 fully saturated rings. The summed E-state index contributed by atoms with van der Waals surface area (Å²) in [6, 6.07) is -1.18. The lowest BCUT2D eigenvalue weighted by atomic mass is 10.5. The number of rotatable bonds is 2. The Morgan fingerprint density at radius 2 is 1.05 bits per heavy atom. The molecule has 2 saturated heterocycles. The molecule has 4 unspecified atom stereocenters. The van der Waals surface area contributed by atoms with Gasteiger partial charge in [0, 0.05) is 14.1 Å². The van der Waals surface area contributed by atoms with Crippen LogP contribution in [0.15, 0.2) is 0 Å². The zero-order valence-electron chi connectivity index (χ0n) is 12.0. The molecule has 128 valence electrons. The number of carbonyl (C=O) groups is 2. The third kappa shape index (κ3) is 3.06. The van der Waals surface area contributed by atoms with E-state index in [0.29, 0.717) is 9.80 Å². The minimum Gasteiger partial charge on any atom is -0.376 e. The number of hydrogen-bond acceptors (Lipinski definition) is 8. The van der Waals surface area contributed by atoms with Gasteiger partial charge in [-0.2, -0.15) is 0 Å². The second-order valence-corrected chi connectivity index (χ2v) is 4.66. The summed E-state index contributed by atoms with van der Waals surface area (Å²) in [7, 11) is 2.86. The number of aliphatic hydroxyl groups is 6. The van der Waals surface area contributed by atoms with Crippen molar-refractivity contribution in [2.24, 2.45) is 0 Å². The van der Waals surface area contributed by atoms with Gasteiger partial charge in [-0.1, -0.05) is 0 Å². The Morgan fingerprint density at radius 1 is 0.727 bits per heavy atom. The molecule has 0 aromatic carbocycles. The zero-order valence-corrected chi connectivity index (χ0v) is 12.0. The predicted molar refractivity (Wildman–Crippen MR) is 68.2 cm³/mol. The SMILES string of the molecule is CN1C(=O)N(C)C(O)C1O.O=C1N(CO)C(O)C(O)N1CO. The van der Waals surface area contributed by atoms with Crippen molar-refractivity contribution in [3.8, 4) is 0 Å². The van der Waals surface area contributed by atoms with Gasteiger partial charge in [0.25, 0.3) is 0 Å². The van der Waals surface area contributed by atoms with Crippen molar-refractivity contribution < 1.29 is 40.2 Å². The van der Waals surface area contributed by atoms with Crippen molar-refractivity contribution in [2.45, 2.75) is 24.9 Å². The Morgan fingerprint density at radius 3 is 1.18 bits per heavy atom. The number of likely N-dealkylation sites (N-methyl/N-ethyl adjacent to an activating group) is 2. The minimum atomic E-state index is -1.49. The minimum absolute atomic E-state index is 0.375. The summed E-state index contributed by atoms with van der Waals surface area (Å²) in [6.45, 7) is -1.40. The van der Waals surface area contributed by atoms with Crippen LogP contribution in [-0.2, 0) is 0 Å². The summed E-state index contributed by atoms with van der Waals surface area (Å²) in [6.07, 6.45) is -5.18. The summed E-state index contributed by atoms with van der Waals surface area (Å²) >= 11 is 0. The van der Waals surface area contributed by atoms with E-state index in [4.69, 9.17) is 30.6 Å². The largest absolute Gasteiger partial charge is 0.376 e. The number of nitrogens with zero attached hydrogens (tertiary/aromatic N) is 4. The molecule has 2 heterocycles. The van der Waals surface area contributed by atoms with Crippen LogP contribution in [0.3, 0.4) is 0 Å². The molecule has 12 heteroatoms. The molecule has 0 aromatic rings. The van der Waals surface area contributed by atoms with Gasteiger partial charge in [0.2, 0.25) is 0 Å². The van der Waals surface area contributed by atoms with E-state index in [1.165, 1.54) is 14.1 Å². The normalized spacial score (nSPS) is 31.8. The smallest absolute Gasteiger partial charge is 0.328 e. The van der Waals surface area contributed by atoms with Crippen molar-refractivity contribution in [2.75, 3.05) is 27.6 Å². The molecule has 2 aliphatic heterocycles. The second-order valence-electron chi connectivity index (χ2n) is 4.66. The van der Waals surface area contributed by atoms with Gasteiger partial charge >= 0.3 is 12.1 Å². The van der Waals surface area contributed by atoms with E-state index in [1.807, 2.05) is 0 Å². The van der Waals surface area contributed by atoms with Crippen molar-refractivity contribution in [1.29, 1.82) is 0 Å². The first-order chi connectivity index (χ1) is 10.2. The highest BCUT2D eigenvalue weighted by molar-refractivity contribution is 5.77. The molecule has 22 heavy (non-hydrogen) atoms. The summed E-state index contributed by atoms with van der Waals surface area (Å²) in [5, 5.41) is 53.3. The molecule has 0 bridgehead atoms. The Labute approximate surface area is 125 Å². The summed E-state index contributed by atoms with van der Waals surface area (Å²) in [5.41, 5.74) is 0. The van der Waals surface area contributed by atoms with Gasteiger partial charge in [-0.3, -0.25) is 19.6 Å². The lowest BCUT2D eigenvalue weighted by molar-refractivity contribution is -0.0924. The summed E-state index contributed by atoms with van der Waals surface area (Å²) in [4.78, 5) is 25.3. The van der Waals surface area contributed by atoms with Crippen LogP contribution in [0.2, 0.25) is 0 Å². The van der Waals surface area contributed by atoms with Gasteiger partial charge in [-0.05, 0) is 0 Å². The fourth-order valence-electron chi connectivity index (χ4n) is 1.88. The number of urea groups is 2. The highest BCUT2D eigenvalue weighted by Gasteiger charge is 2.43. The Bertz CT molecular complexity index is 390. The third-order valence-electron chi connectivity index (χ3n) is 3.37. The molecule has 4 amide bonds. The van der Waals surface area contributed by atoms with Crippen LogP contribution in [0, 0.1) is 0 Å². The highest BCUT2D eigenvalue weighted by atomic mass is 16.4. The molecule has 0 spiro atoms. The van der Waals surface area contributed by atoms with Crippen LogP contribution in [0.5, 0.6) is 0 Å². The average molecular weight is 324 g/mol. The maximum absolute atomic E-state index is 11.0. The Hall–Kier alpha value is -1.70. The van der Waals surface area contributed by atoms with Gasteiger partial charge < -0.3 is 30.6 Å². The van der Waals surface area contributed by atoms with Crippen molar-refractivity contribution in [3.63, 3.8) is 0 Å². The zero-order chi connectivity index (χ0) is 17.2. The fraction of sp³-hybridized carbons (Fsp3) is 0.800. The van der Waals surface area contributed by atoms with Gasteiger partial charge in [-0.15, -0.1) is 0 Å². The Kier molecular flexibility index (Phi) is 5.87. The van der Waals surface area contributed by atoms with Gasteiger partial charge in [0.15, 0.2) is 24.9 Å². The van der Waals surface area contributed by atoms with E-state index in [0.717, 1.165) is 9.80 Å².